The highest BCUT2D eigenvalue weighted by molar-refractivity contribution is 7.71. The Balaban J connectivity index is 1.59. The van der Waals surface area contributed by atoms with Crippen LogP contribution < -0.4 is 14.8 Å². The van der Waals surface area contributed by atoms with Crippen LogP contribution >= 0.6 is 12.2 Å². The molecule has 0 radical (unpaired) electrons. The Hall–Kier alpha value is -3.34. The molecule has 0 spiro atoms. The molecule has 3 aromatic rings. The minimum atomic E-state index is -4.40. The Labute approximate surface area is 180 Å². The number of aromatic nitrogens is 3. The highest BCUT2D eigenvalue weighted by Gasteiger charge is 2.28. The maximum Gasteiger partial charge on any atom is 0.422 e. The van der Waals surface area contributed by atoms with Gasteiger partial charge >= 0.3 is 6.18 Å². The summed E-state index contributed by atoms with van der Waals surface area (Å²) in [5.74, 6) is 0.997. The van der Waals surface area contributed by atoms with Gasteiger partial charge < -0.3 is 14.8 Å². The first-order valence-electron chi connectivity index (χ1n) is 9.10. The van der Waals surface area contributed by atoms with Gasteiger partial charge in [0, 0.05) is 12.1 Å². The first kappa shape index (κ1) is 22.3. The Bertz CT molecular complexity index is 1080. The van der Waals surface area contributed by atoms with Crippen molar-refractivity contribution in [3.05, 3.63) is 58.9 Å². The summed E-state index contributed by atoms with van der Waals surface area (Å²) in [5, 5.41) is 9.62. The van der Waals surface area contributed by atoms with Gasteiger partial charge in [0.2, 0.25) is 5.91 Å². The molecule has 0 aliphatic heterocycles. The van der Waals surface area contributed by atoms with E-state index in [1.165, 1.54) is 12.1 Å². The van der Waals surface area contributed by atoms with Crippen LogP contribution in [0.25, 0.3) is 11.4 Å². The van der Waals surface area contributed by atoms with E-state index < -0.39 is 12.8 Å². The van der Waals surface area contributed by atoms with Gasteiger partial charge in [-0.05, 0) is 54.2 Å². The van der Waals surface area contributed by atoms with Gasteiger partial charge in [-0.15, -0.1) is 0 Å². The number of aromatic amines is 1. The molecule has 0 aliphatic carbocycles. The summed E-state index contributed by atoms with van der Waals surface area (Å²) in [5.41, 5.74) is 1.47. The number of halogens is 3. The van der Waals surface area contributed by atoms with Crippen molar-refractivity contribution in [3.8, 4) is 22.9 Å². The number of ether oxygens (including phenoxy) is 2. The average molecular weight is 452 g/mol. The molecule has 1 amide bonds. The van der Waals surface area contributed by atoms with Crippen molar-refractivity contribution in [2.75, 3.05) is 13.7 Å². The molecule has 0 fully saturated rings. The fourth-order valence-corrected chi connectivity index (χ4v) is 2.89. The predicted molar refractivity (Wildman–Crippen MR) is 109 cm³/mol. The summed E-state index contributed by atoms with van der Waals surface area (Å²) in [4.78, 5) is 12.4. The zero-order chi connectivity index (χ0) is 22.4. The van der Waals surface area contributed by atoms with E-state index in [2.05, 4.69) is 20.3 Å². The third-order valence-electron chi connectivity index (χ3n) is 4.22. The maximum absolute atomic E-state index is 12.4. The highest BCUT2D eigenvalue weighted by Crippen LogP contribution is 2.21. The number of methoxy groups -OCH3 is 1. The summed E-state index contributed by atoms with van der Waals surface area (Å²) in [6, 6.07) is 13.2. The van der Waals surface area contributed by atoms with Crippen LogP contribution in [0.15, 0.2) is 48.5 Å². The summed E-state index contributed by atoms with van der Waals surface area (Å²) in [6.07, 6.45) is -4.40. The number of H-pyrrole nitrogens is 1. The second-order valence-corrected chi connectivity index (χ2v) is 6.88. The number of carbonyl (C=O) groups is 1. The lowest BCUT2D eigenvalue weighted by atomic mass is 10.2. The van der Waals surface area contributed by atoms with Crippen molar-refractivity contribution in [2.24, 2.45) is 0 Å². The molecular formula is C20H19F3N4O3S. The molecule has 0 bridgehead atoms. The van der Waals surface area contributed by atoms with Crippen molar-refractivity contribution in [1.29, 1.82) is 0 Å². The van der Waals surface area contributed by atoms with E-state index >= 15 is 0 Å². The van der Waals surface area contributed by atoms with Gasteiger partial charge in [0.15, 0.2) is 17.2 Å². The second-order valence-electron chi connectivity index (χ2n) is 6.49. The van der Waals surface area contributed by atoms with E-state index in [0.717, 1.165) is 5.56 Å². The van der Waals surface area contributed by atoms with Crippen LogP contribution in [0.4, 0.5) is 13.2 Å². The number of hydrogen-bond donors (Lipinski definition) is 2. The number of benzene rings is 2. The lowest BCUT2D eigenvalue weighted by Gasteiger charge is -2.11. The summed E-state index contributed by atoms with van der Waals surface area (Å²) < 4.78 is 48.2. The molecule has 0 unspecified atom stereocenters. The fraction of sp³-hybridized carbons (Fsp3) is 0.250. The first-order valence-corrected chi connectivity index (χ1v) is 9.51. The minimum Gasteiger partial charge on any atom is -0.497 e. The lowest BCUT2D eigenvalue weighted by molar-refractivity contribution is -0.153. The van der Waals surface area contributed by atoms with Crippen LogP contribution in [0.3, 0.4) is 0 Å². The molecule has 3 rings (SSSR count). The molecule has 164 valence electrons. The summed E-state index contributed by atoms with van der Waals surface area (Å²) in [7, 11) is 1.57. The van der Waals surface area contributed by atoms with Crippen LogP contribution in [0.2, 0.25) is 0 Å². The molecule has 1 aromatic heterocycles. The van der Waals surface area contributed by atoms with Crippen molar-refractivity contribution in [2.45, 2.75) is 19.3 Å². The molecule has 0 saturated heterocycles. The molecule has 1 heterocycles. The van der Waals surface area contributed by atoms with Gasteiger partial charge in [-0.3, -0.25) is 14.5 Å². The zero-order valence-electron chi connectivity index (χ0n) is 16.4. The molecule has 0 saturated carbocycles. The van der Waals surface area contributed by atoms with Crippen molar-refractivity contribution < 1.29 is 27.4 Å². The number of carbonyl (C=O) groups excluding carboxylic acids is 1. The Kier molecular flexibility index (Phi) is 6.95. The Morgan fingerprint density at radius 1 is 1.13 bits per heavy atom. The molecule has 11 heteroatoms. The number of nitrogens with zero attached hydrogens (tertiary/aromatic N) is 2. The third kappa shape index (κ3) is 6.32. The van der Waals surface area contributed by atoms with E-state index in [-0.39, 0.29) is 24.7 Å². The minimum absolute atomic E-state index is 0.0521. The number of amides is 1. The number of alkyl halides is 3. The van der Waals surface area contributed by atoms with E-state index in [4.69, 9.17) is 17.0 Å². The topological polar surface area (TPSA) is 81.2 Å². The van der Waals surface area contributed by atoms with Crippen molar-refractivity contribution in [3.63, 3.8) is 0 Å². The van der Waals surface area contributed by atoms with Crippen molar-refractivity contribution in [1.82, 2.24) is 20.1 Å². The smallest absolute Gasteiger partial charge is 0.422 e. The molecular weight excluding hydrogens is 433 g/mol. The number of rotatable bonds is 8. The van der Waals surface area contributed by atoms with Crippen molar-refractivity contribution >= 4 is 18.1 Å². The van der Waals surface area contributed by atoms with Gasteiger partial charge in [0.05, 0.1) is 7.11 Å². The number of nitrogens with one attached hydrogen (secondary N) is 2. The first-order chi connectivity index (χ1) is 14.7. The van der Waals surface area contributed by atoms with Crippen LogP contribution in [0.5, 0.6) is 11.5 Å². The van der Waals surface area contributed by atoms with E-state index in [0.29, 0.717) is 21.9 Å². The van der Waals surface area contributed by atoms with Gasteiger partial charge in [0.1, 0.15) is 18.0 Å². The SMILES string of the molecule is COc1ccc(-c2n[nH]c(=S)n2CC(=O)NCc2ccc(OCC(F)(F)F)cc2)cc1. The Morgan fingerprint density at radius 3 is 2.39 bits per heavy atom. The van der Waals surface area contributed by atoms with Gasteiger partial charge in [0.25, 0.3) is 0 Å². The monoisotopic (exact) mass is 452 g/mol. The summed E-state index contributed by atoms with van der Waals surface area (Å²) >= 11 is 5.23. The largest absolute Gasteiger partial charge is 0.497 e. The molecule has 0 aliphatic rings. The molecule has 0 atom stereocenters. The quantitative estimate of drug-likeness (QED) is 0.507. The normalized spacial score (nSPS) is 11.2. The highest BCUT2D eigenvalue weighted by atomic mass is 32.1. The van der Waals surface area contributed by atoms with Gasteiger partial charge in [-0.1, -0.05) is 12.1 Å². The predicted octanol–water partition coefficient (Wildman–Crippen LogP) is 3.87. The van der Waals surface area contributed by atoms with E-state index in [1.807, 2.05) is 0 Å². The molecule has 7 nitrogen and oxygen atoms in total. The maximum atomic E-state index is 12.4. The van der Waals surface area contributed by atoms with E-state index in [1.54, 1.807) is 48.1 Å². The average Bonchev–Trinajstić information content (AvgIpc) is 3.11. The lowest BCUT2D eigenvalue weighted by Crippen LogP contribution is -2.27. The molecule has 31 heavy (non-hydrogen) atoms. The molecule has 2 aromatic carbocycles. The second kappa shape index (κ2) is 9.65. The van der Waals surface area contributed by atoms with Crippen LogP contribution in [0.1, 0.15) is 5.56 Å². The van der Waals surface area contributed by atoms with Crippen LogP contribution in [-0.4, -0.2) is 40.6 Å². The third-order valence-corrected chi connectivity index (χ3v) is 4.54. The fourth-order valence-electron chi connectivity index (χ4n) is 2.69. The van der Waals surface area contributed by atoms with Crippen LogP contribution in [-0.2, 0) is 17.9 Å². The number of hydrogen-bond acceptors (Lipinski definition) is 5. The van der Waals surface area contributed by atoms with Gasteiger partial charge in [-0.2, -0.15) is 18.3 Å². The molecule has 2 N–H and O–H groups in total. The Morgan fingerprint density at radius 2 is 1.77 bits per heavy atom. The standard InChI is InChI=1S/C20H19F3N4O3S/c1-29-15-8-4-14(5-9-15)18-25-26-19(31)27(18)11-17(28)24-10-13-2-6-16(7-3-13)30-12-20(21,22)23/h2-9H,10-12H2,1H3,(H,24,28)(H,26,31). The van der Waals surface area contributed by atoms with E-state index in [9.17, 15) is 18.0 Å². The van der Waals surface area contributed by atoms with Gasteiger partial charge in [-0.25, -0.2) is 0 Å². The summed E-state index contributed by atoms with van der Waals surface area (Å²) in [6.45, 7) is -1.21. The van der Waals surface area contributed by atoms with Crippen LogP contribution in [0, 0.1) is 4.77 Å². The zero-order valence-corrected chi connectivity index (χ0v) is 17.2.